The van der Waals surface area contributed by atoms with Crippen LogP contribution in [-0.4, -0.2) is 14.2 Å². The van der Waals surface area contributed by atoms with Crippen LogP contribution in [0.5, 0.6) is 0 Å². The molecule has 0 bridgehead atoms. The Balaban J connectivity index is 3.15. The number of aryl methyl sites for hydroxylation is 1. The fourth-order valence-corrected chi connectivity index (χ4v) is 2.60. The quantitative estimate of drug-likeness (QED) is 0.727. The van der Waals surface area contributed by atoms with Gasteiger partial charge in [0.2, 0.25) is 0 Å². The van der Waals surface area contributed by atoms with Crippen LogP contribution in [0, 0.1) is 12.7 Å². The van der Waals surface area contributed by atoms with Crippen LogP contribution >= 0.6 is 0 Å². The second kappa shape index (κ2) is 4.09. The maximum Gasteiger partial charge on any atom is 0.178 e. The lowest BCUT2D eigenvalue weighted by molar-refractivity contribution is 0.592. The summed E-state index contributed by atoms with van der Waals surface area (Å²) < 4.78 is 36.0. The summed E-state index contributed by atoms with van der Waals surface area (Å²) in [7, 11) is -3.22. The van der Waals surface area contributed by atoms with Gasteiger partial charge in [-0.05, 0) is 37.1 Å². The van der Waals surface area contributed by atoms with Gasteiger partial charge in [-0.1, -0.05) is 6.92 Å². The van der Waals surface area contributed by atoms with E-state index >= 15 is 0 Å². The van der Waals surface area contributed by atoms with E-state index in [0.29, 0.717) is 12.0 Å². The van der Waals surface area contributed by atoms with E-state index in [1.807, 2.05) is 0 Å². The van der Waals surface area contributed by atoms with Gasteiger partial charge in [-0.3, -0.25) is 0 Å². The molecule has 0 radical (unpaired) electrons. The summed E-state index contributed by atoms with van der Waals surface area (Å²) in [6.07, 6.45) is 0.568. The predicted molar refractivity (Wildman–Crippen MR) is 53.5 cm³/mol. The number of sulfone groups is 1. The lowest BCUT2D eigenvalue weighted by atomic mass is 10.2. The maximum atomic E-state index is 12.9. The Kier molecular flexibility index (Phi) is 3.26. The largest absolute Gasteiger partial charge is 0.224 e. The summed E-state index contributed by atoms with van der Waals surface area (Å²) >= 11 is 0. The smallest absolute Gasteiger partial charge is 0.178 e. The lowest BCUT2D eigenvalue weighted by Gasteiger charge is -2.04. The number of rotatable bonds is 3. The number of halogens is 1. The lowest BCUT2D eigenvalue weighted by Crippen LogP contribution is -2.06. The molecule has 2 nitrogen and oxygen atoms in total. The van der Waals surface area contributed by atoms with Gasteiger partial charge in [-0.2, -0.15) is 0 Å². The minimum atomic E-state index is -3.22. The van der Waals surface area contributed by atoms with E-state index in [9.17, 15) is 12.8 Å². The zero-order valence-corrected chi connectivity index (χ0v) is 9.07. The molecule has 0 unspecified atom stereocenters. The van der Waals surface area contributed by atoms with Crippen molar-refractivity contribution in [3.05, 3.63) is 29.6 Å². The van der Waals surface area contributed by atoms with Crippen LogP contribution in [0.25, 0.3) is 0 Å². The average molecular weight is 216 g/mol. The first-order chi connectivity index (χ1) is 6.47. The fraction of sp³-hybridized carbons (Fsp3) is 0.400. The molecule has 0 saturated carbocycles. The Morgan fingerprint density at radius 3 is 2.50 bits per heavy atom. The molecule has 0 aliphatic rings. The van der Waals surface area contributed by atoms with Crippen molar-refractivity contribution < 1.29 is 12.8 Å². The highest BCUT2D eigenvalue weighted by atomic mass is 32.2. The Hall–Kier alpha value is -0.900. The predicted octanol–water partition coefficient (Wildman–Crippen LogP) is 2.32. The molecule has 14 heavy (non-hydrogen) atoms. The molecule has 78 valence electrons. The number of hydrogen-bond donors (Lipinski definition) is 0. The van der Waals surface area contributed by atoms with Crippen molar-refractivity contribution in [1.82, 2.24) is 0 Å². The van der Waals surface area contributed by atoms with Gasteiger partial charge in [0.25, 0.3) is 0 Å². The van der Waals surface area contributed by atoms with E-state index in [1.165, 1.54) is 18.2 Å². The molecule has 4 heteroatoms. The average Bonchev–Trinajstić information content (AvgIpc) is 2.09. The molecular weight excluding hydrogens is 203 g/mol. The van der Waals surface area contributed by atoms with Crippen LogP contribution in [0.1, 0.15) is 18.9 Å². The highest BCUT2D eigenvalue weighted by molar-refractivity contribution is 7.91. The van der Waals surface area contributed by atoms with E-state index in [2.05, 4.69) is 0 Å². The zero-order chi connectivity index (χ0) is 10.8. The third-order valence-electron chi connectivity index (χ3n) is 1.96. The molecule has 1 aromatic carbocycles. The number of benzene rings is 1. The molecule has 0 heterocycles. The van der Waals surface area contributed by atoms with Crippen molar-refractivity contribution in [3.8, 4) is 0 Å². The van der Waals surface area contributed by atoms with Crippen LogP contribution in [0.4, 0.5) is 4.39 Å². The van der Waals surface area contributed by atoms with Gasteiger partial charge >= 0.3 is 0 Å². The molecule has 0 amide bonds. The molecule has 0 aliphatic heterocycles. The SMILES string of the molecule is CCCS(=O)(=O)c1ccc(F)c(C)c1. The van der Waals surface area contributed by atoms with Gasteiger partial charge in [0.05, 0.1) is 10.6 Å². The molecule has 0 N–H and O–H groups in total. The minimum absolute atomic E-state index is 0.109. The highest BCUT2D eigenvalue weighted by Crippen LogP contribution is 2.16. The van der Waals surface area contributed by atoms with Crippen molar-refractivity contribution in [2.75, 3.05) is 5.75 Å². The summed E-state index contributed by atoms with van der Waals surface area (Å²) in [6.45, 7) is 3.36. The van der Waals surface area contributed by atoms with Crippen LogP contribution in [0.2, 0.25) is 0 Å². The van der Waals surface area contributed by atoms with Crippen molar-refractivity contribution in [2.24, 2.45) is 0 Å². The van der Waals surface area contributed by atoms with E-state index < -0.39 is 9.84 Å². The van der Waals surface area contributed by atoms with E-state index in [4.69, 9.17) is 0 Å². The summed E-state index contributed by atoms with van der Waals surface area (Å²) in [4.78, 5) is 0.207. The van der Waals surface area contributed by atoms with Gasteiger partial charge in [-0.25, -0.2) is 12.8 Å². The van der Waals surface area contributed by atoms with Gasteiger partial charge in [0.1, 0.15) is 5.82 Å². The standard InChI is InChI=1S/C10H13FO2S/c1-3-6-14(12,13)9-4-5-10(11)8(2)7-9/h4-5,7H,3,6H2,1-2H3. The van der Waals surface area contributed by atoms with Crippen LogP contribution in [0.15, 0.2) is 23.1 Å². The Labute approximate surface area is 83.7 Å². The molecule has 0 fully saturated rings. The summed E-state index contributed by atoms with van der Waals surface area (Å²) in [5.41, 5.74) is 0.363. The first-order valence-corrected chi connectivity index (χ1v) is 6.11. The molecule has 1 rings (SSSR count). The molecule has 0 aliphatic carbocycles. The first-order valence-electron chi connectivity index (χ1n) is 4.46. The first kappa shape index (κ1) is 11.2. The number of hydrogen-bond acceptors (Lipinski definition) is 2. The Bertz CT molecular complexity index is 424. The van der Waals surface area contributed by atoms with Crippen molar-refractivity contribution in [3.63, 3.8) is 0 Å². The van der Waals surface area contributed by atoms with Gasteiger partial charge < -0.3 is 0 Å². The summed E-state index contributed by atoms with van der Waals surface area (Å²) in [5.74, 6) is -0.265. The molecule has 0 saturated heterocycles. The van der Waals surface area contributed by atoms with Gasteiger partial charge in [0, 0.05) is 0 Å². The van der Waals surface area contributed by atoms with Crippen LogP contribution in [0.3, 0.4) is 0 Å². The van der Waals surface area contributed by atoms with Crippen molar-refractivity contribution >= 4 is 9.84 Å². The van der Waals surface area contributed by atoms with Crippen LogP contribution in [-0.2, 0) is 9.84 Å². The molecule has 0 aromatic heterocycles. The summed E-state index contributed by atoms with van der Waals surface area (Å²) in [5, 5.41) is 0. The molecule has 0 spiro atoms. The zero-order valence-electron chi connectivity index (χ0n) is 8.25. The van der Waals surface area contributed by atoms with E-state index in [0.717, 1.165) is 0 Å². The maximum absolute atomic E-state index is 12.9. The Morgan fingerprint density at radius 2 is 2.00 bits per heavy atom. The third-order valence-corrected chi connectivity index (χ3v) is 3.88. The van der Waals surface area contributed by atoms with Crippen LogP contribution < -0.4 is 0 Å². The third kappa shape index (κ3) is 2.32. The molecule has 1 aromatic rings. The van der Waals surface area contributed by atoms with Crippen molar-refractivity contribution in [1.29, 1.82) is 0 Å². The fourth-order valence-electron chi connectivity index (χ4n) is 1.20. The minimum Gasteiger partial charge on any atom is -0.224 e. The van der Waals surface area contributed by atoms with Gasteiger partial charge in [0.15, 0.2) is 9.84 Å². The Morgan fingerprint density at radius 1 is 1.36 bits per heavy atom. The second-order valence-corrected chi connectivity index (χ2v) is 5.34. The molecular formula is C10H13FO2S. The monoisotopic (exact) mass is 216 g/mol. The molecule has 0 atom stereocenters. The summed E-state index contributed by atoms with van der Waals surface area (Å²) in [6, 6.07) is 3.88. The topological polar surface area (TPSA) is 34.1 Å². The normalized spacial score (nSPS) is 11.6. The highest BCUT2D eigenvalue weighted by Gasteiger charge is 2.13. The van der Waals surface area contributed by atoms with E-state index in [-0.39, 0.29) is 16.5 Å². The van der Waals surface area contributed by atoms with Gasteiger partial charge in [-0.15, -0.1) is 0 Å². The van der Waals surface area contributed by atoms with Crippen molar-refractivity contribution in [2.45, 2.75) is 25.2 Å². The van der Waals surface area contributed by atoms with E-state index in [1.54, 1.807) is 13.8 Å². The second-order valence-electron chi connectivity index (χ2n) is 3.23.